The third kappa shape index (κ3) is 2.28. The maximum atomic E-state index is 5.66. The van der Waals surface area contributed by atoms with Gasteiger partial charge in [-0.1, -0.05) is 30.3 Å². The van der Waals surface area contributed by atoms with Crippen LogP contribution in [0.15, 0.2) is 36.4 Å². The van der Waals surface area contributed by atoms with Crippen molar-refractivity contribution < 1.29 is 0 Å². The van der Waals surface area contributed by atoms with Gasteiger partial charge in [0.2, 0.25) is 0 Å². The number of benzene rings is 1. The van der Waals surface area contributed by atoms with E-state index < -0.39 is 0 Å². The molecule has 1 aromatic heterocycles. The molecule has 1 aromatic carbocycles. The van der Waals surface area contributed by atoms with Crippen LogP contribution in [0.3, 0.4) is 0 Å². The lowest BCUT2D eigenvalue weighted by atomic mass is 10.1. The van der Waals surface area contributed by atoms with Crippen molar-refractivity contribution in [3.05, 3.63) is 42.1 Å². The molecule has 2 rings (SSSR count). The number of hydrogen-bond acceptors (Lipinski definition) is 1. The van der Waals surface area contributed by atoms with E-state index in [2.05, 4.69) is 10.2 Å². The average Bonchev–Trinajstić information content (AvgIpc) is 2.67. The maximum Gasteiger partial charge on any atom is 0.0923 e. The second-order valence-corrected chi connectivity index (χ2v) is 3.05. The van der Waals surface area contributed by atoms with Crippen LogP contribution in [-0.2, 0) is 5.88 Å². The summed E-state index contributed by atoms with van der Waals surface area (Å²) in [5, 5.41) is 7.02. The van der Waals surface area contributed by atoms with Gasteiger partial charge in [0.1, 0.15) is 0 Å². The van der Waals surface area contributed by atoms with Crippen LogP contribution in [0.4, 0.5) is 0 Å². The number of aromatic nitrogens is 2. The first-order valence-corrected chi connectivity index (χ1v) is 4.59. The van der Waals surface area contributed by atoms with Crippen LogP contribution in [0.2, 0.25) is 0 Å². The highest BCUT2D eigenvalue weighted by atomic mass is 35.5. The molecule has 1 heterocycles. The summed E-state index contributed by atoms with van der Waals surface area (Å²) in [5.41, 5.74) is 2.99. The Hall–Kier alpha value is -0.990. The van der Waals surface area contributed by atoms with Gasteiger partial charge in [0.05, 0.1) is 17.3 Å². The van der Waals surface area contributed by atoms with Crippen molar-refractivity contribution in [2.75, 3.05) is 0 Å². The third-order valence-corrected chi connectivity index (χ3v) is 2.13. The van der Waals surface area contributed by atoms with Gasteiger partial charge in [-0.05, 0) is 6.07 Å². The highest BCUT2D eigenvalue weighted by molar-refractivity contribution is 6.16. The predicted molar refractivity (Wildman–Crippen MR) is 60.8 cm³/mol. The fraction of sp³-hybridized carbons (Fsp3) is 0.100. The summed E-state index contributed by atoms with van der Waals surface area (Å²) in [6, 6.07) is 12.0. The number of nitrogens with zero attached hydrogens (tertiary/aromatic N) is 1. The first-order chi connectivity index (χ1) is 6.40. The van der Waals surface area contributed by atoms with Crippen molar-refractivity contribution in [3.8, 4) is 11.3 Å². The zero-order valence-corrected chi connectivity index (χ0v) is 8.98. The Morgan fingerprint density at radius 3 is 2.50 bits per heavy atom. The monoisotopic (exact) mass is 228 g/mol. The van der Waals surface area contributed by atoms with E-state index in [9.17, 15) is 0 Å². The lowest BCUT2D eigenvalue weighted by molar-refractivity contribution is 1.04. The Labute approximate surface area is 93.7 Å². The quantitative estimate of drug-likeness (QED) is 0.786. The van der Waals surface area contributed by atoms with E-state index in [4.69, 9.17) is 11.6 Å². The van der Waals surface area contributed by atoms with E-state index in [1.54, 1.807) is 0 Å². The normalized spacial score (nSPS) is 9.50. The molecule has 1 N–H and O–H groups in total. The van der Waals surface area contributed by atoms with Gasteiger partial charge >= 0.3 is 0 Å². The van der Waals surface area contributed by atoms with Crippen molar-refractivity contribution in [3.63, 3.8) is 0 Å². The van der Waals surface area contributed by atoms with Gasteiger partial charge in [-0.25, -0.2) is 0 Å². The number of halogens is 2. The molecule has 0 aliphatic rings. The van der Waals surface area contributed by atoms with Gasteiger partial charge in [0, 0.05) is 5.56 Å². The number of nitrogens with one attached hydrogen (secondary N) is 1. The second-order valence-electron chi connectivity index (χ2n) is 2.78. The Balaban J connectivity index is 0.000000980. The van der Waals surface area contributed by atoms with Crippen molar-refractivity contribution >= 4 is 24.0 Å². The summed E-state index contributed by atoms with van der Waals surface area (Å²) in [6.07, 6.45) is 0. The molecule has 0 atom stereocenters. The van der Waals surface area contributed by atoms with Crippen LogP contribution in [-0.4, -0.2) is 10.2 Å². The van der Waals surface area contributed by atoms with Crippen LogP contribution in [0, 0.1) is 0 Å². The molecule has 2 nitrogen and oxygen atoms in total. The standard InChI is InChI=1S/C10H9ClN2.ClH/c11-7-9-6-10(13-12-9)8-4-2-1-3-5-8;/h1-6H,7H2,(H,12,13);1H. The van der Waals surface area contributed by atoms with Crippen LogP contribution in [0.25, 0.3) is 11.3 Å². The Morgan fingerprint density at radius 1 is 1.21 bits per heavy atom. The molecular formula is C10H10Cl2N2. The molecule has 0 aliphatic carbocycles. The van der Waals surface area contributed by atoms with Gasteiger partial charge < -0.3 is 0 Å². The zero-order chi connectivity index (χ0) is 9.10. The molecule has 0 saturated carbocycles. The maximum absolute atomic E-state index is 5.66. The van der Waals surface area contributed by atoms with Crippen LogP contribution in [0.5, 0.6) is 0 Å². The number of hydrogen-bond donors (Lipinski definition) is 1. The molecule has 2 aromatic rings. The molecule has 14 heavy (non-hydrogen) atoms. The molecule has 74 valence electrons. The van der Waals surface area contributed by atoms with Crippen LogP contribution < -0.4 is 0 Å². The van der Waals surface area contributed by atoms with Crippen molar-refractivity contribution in [2.45, 2.75) is 5.88 Å². The highest BCUT2D eigenvalue weighted by Gasteiger charge is 2.01. The SMILES string of the molecule is Cl.ClCc1cc(-c2ccccc2)n[nH]1. The molecule has 0 spiro atoms. The minimum absolute atomic E-state index is 0. The molecule has 0 saturated heterocycles. The lowest BCUT2D eigenvalue weighted by Gasteiger charge is -1.92. The fourth-order valence-corrected chi connectivity index (χ4v) is 1.32. The molecule has 0 fully saturated rings. The smallest absolute Gasteiger partial charge is 0.0923 e. The van der Waals surface area contributed by atoms with E-state index in [0.29, 0.717) is 5.88 Å². The minimum Gasteiger partial charge on any atom is -0.281 e. The van der Waals surface area contributed by atoms with E-state index >= 15 is 0 Å². The van der Waals surface area contributed by atoms with Crippen molar-refractivity contribution in [1.29, 1.82) is 0 Å². The number of aromatic amines is 1. The van der Waals surface area contributed by atoms with E-state index in [1.807, 2.05) is 36.4 Å². The van der Waals surface area contributed by atoms with Crippen molar-refractivity contribution in [2.24, 2.45) is 0 Å². The first kappa shape index (κ1) is 11.1. The summed E-state index contributed by atoms with van der Waals surface area (Å²) in [6.45, 7) is 0. The Kier molecular flexibility index (Phi) is 3.98. The van der Waals surface area contributed by atoms with Gasteiger partial charge in [-0.3, -0.25) is 5.10 Å². The van der Waals surface area contributed by atoms with Gasteiger partial charge in [-0.2, -0.15) is 5.10 Å². The third-order valence-electron chi connectivity index (χ3n) is 1.84. The average molecular weight is 229 g/mol. The lowest BCUT2D eigenvalue weighted by Crippen LogP contribution is -1.75. The van der Waals surface area contributed by atoms with E-state index in [1.165, 1.54) is 0 Å². The van der Waals surface area contributed by atoms with Crippen LogP contribution >= 0.6 is 24.0 Å². The molecule has 0 bridgehead atoms. The zero-order valence-electron chi connectivity index (χ0n) is 7.40. The Morgan fingerprint density at radius 2 is 1.93 bits per heavy atom. The fourth-order valence-electron chi connectivity index (χ4n) is 1.19. The highest BCUT2D eigenvalue weighted by Crippen LogP contribution is 2.17. The minimum atomic E-state index is 0. The predicted octanol–water partition coefficient (Wildman–Crippen LogP) is 3.24. The molecular weight excluding hydrogens is 219 g/mol. The molecule has 0 unspecified atom stereocenters. The summed E-state index contributed by atoms with van der Waals surface area (Å²) in [4.78, 5) is 0. The second kappa shape index (κ2) is 5.03. The van der Waals surface area contributed by atoms with Gasteiger partial charge in [-0.15, -0.1) is 24.0 Å². The van der Waals surface area contributed by atoms with Crippen molar-refractivity contribution in [1.82, 2.24) is 10.2 Å². The molecule has 0 aliphatic heterocycles. The topological polar surface area (TPSA) is 28.7 Å². The number of rotatable bonds is 2. The number of H-pyrrole nitrogens is 1. The number of alkyl halides is 1. The summed E-state index contributed by atoms with van der Waals surface area (Å²) in [7, 11) is 0. The molecule has 0 radical (unpaired) electrons. The first-order valence-electron chi connectivity index (χ1n) is 4.06. The van der Waals surface area contributed by atoms with Gasteiger partial charge in [0.25, 0.3) is 0 Å². The summed E-state index contributed by atoms with van der Waals surface area (Å²) in [5.74, 6) is 0.472. The summed E-state index contributed by atoms with van der Waals surface area (Å²) < 4.78 is 0. The van der Waals surface area contributed by atoms with Crippen LogP contribution in [0.1, 0.15) is 5.69 Å². The summed E-state index contributed by atoms with van der Waals surface area (Å²) >= 11 is 5.66. The van der Waals surface area contributed by atoms with E-state index in [-0.39, 0.29) is 12.4 Å². The molecule has 4 heteroatoms. The molecule has 0 amide bonds. The van der Waals surface area contributed by atoms with E-state index in [0.717, 1.165) is 17.0 Å². The van der Waals surface area contributed by atoms with Gasteiger partial charge in [0.15, 0.2) is 0 Å². The Bertz CT molecular complexity index is 384. The largest absolute Gasteiger partial charge is 0.281 e.